The number of nitrogens with one attached hydrogen (secondary N) is 1. The molecule has 3 rings (SSSR count). The van der Waals surface area contributed by atoms with E-state index in [0.717, 1.165) is 39.3 Å². The minimum absolute atomic E-state index is 0.313. The van der Waals surface area contributed by atoms with Crippen LogP contribution in [0.25, 0.3) is 0 Å². The van der Waals surface area contributed by atoms with Crippen molar-refractivity contribution in [2.45, 2.75) is 12.6 Å². The summed E-state index contributed by atoms with van der Waals surface area (Å²) in [6.07, 6.45) is 0. The van der Waals surface area contributed by atoms with Gasteiger partial charge in [-0.1, -0.05) is 0 Å². The zero-order valence-electron chi connectivity index (χ0n) is 10.9. The lowest BCUT2D eigenvalue weighted by Crippen LogP contribution is -2.62. The second-order valence-electron chi connectivity index (χ2n) is 5.37. The van der Waals surface area contributed by atoms with Crippen LogP contribution in [-0.2, 0) is 6.54 Å². The molecule has 19 heavy (non-hydrogen) atoms. The van der Waals surface area contributed by atoms with E-state index >= 15 is 0 Å². The number of hydrogen-bond acceptors (Lipinski definition) is 3. The van der Waals surface area contributed by atoms with Crippen LogP contribution in [0.5, 0.6) is 0 Å². The summed E-state index contributed by atoms with van der Waals surface area (Å²) in [6.45, 7) is 6.70. The molecule has 0 radical (unpaired) electrons. The molecule has 0 bridgehead atoms. The fraction of sp³-hybridized carbons (Fsp3) is 0.571. The first kappa shape index (κ1) is 13.0. The van der Waals surface area contributed by atoms with Gasteiger partial charge >= 0.3 is 0 Å². The van der Waals surface area contributed by atoms with E-state index < -0.39 is 0 Å². The lowest BCUT2D eigenvalue weighted by atomic mass is 10.0. The summed E-state index contributed by atoms with van der Waals surface area (Å²) >= 11 is 0. The molecule has 1 N–H and O–H groups in total. The Kier molecular flexibility index (Phi) is 3.77. The van der Waals surface area contributed by atoms with Crippen LogP contribution in [0.3, 0.4) is 0 Å². The van der Waals surface area contributed by atoms with E-state index in [4.69, 9.17) is 0 Å². The van der Waals surface area contributed by atoms with Crippen molar-refractivity contribution in [1.82, 2.24) is 15.1 Å². The molecule has 0 unspecified atom stereocenters. The number of hydrogen-bond donors (Lipinski definition) is 1. The van der Waals surface area contributed by atoms with E-state index in [-0.39, 0.29) is 11.6 Å². The SMILES string of the molecule is Fc1ccc(F)c(CN2CC(N3CCNCC3)C2)c1. The number of nitrogens with zero attached hydrogens (tertiary/aromatic N) is 2. The van der Waals surface area contributed by atoms with Crippen molar-refractivity contribution < 1.29 is 8.78 Å². The molecule has 1 aromatic carbocycles. The molecule has 0 saturated carbocycles. The Morgan fingerprint density at radius 2 is 1.89 bits per heavy atom. The minimum Gasteiger partial charge on any atom is -0.314 e. The molecule has 2 aliphatic rings. The minimum atomic E-state index is -0.365. The smallest absolute Gasteiger partial charge is 0.127 e. The van der Waals surface area contributed by atoms with Gasteiger partial charge in [0.2, 0.25) is 0 Å². The average Bonchev–Trinajstić information content (AvgIpc) is 2.38. The summed E-state index contributed by atoms with van der Waals surface area (Å²) in [7, 11) is 0. The summed E-state index contributed by atoms with van der Waals surface area (Å²) in [5, 5.41) is 3.34. The molecular weight excluding hydrogens is 248 g/mol. The molecule has 2 heterocycles. The highest BCUT2D eigenvalue weighted by molar-refractivity contribution is 5.19. The molecule has 104 valence electrons. The Balaban J connectivity index is 1.52. The lowest BCUT2D eigenvalue weighted by molar-refractivity contribution is 0.0217. The van der Waals surface area contributed by atoms with Crippen LogP contribution in [0.1, 0.15) is 5.56 Å². The number of halogens is 2. The molecule has 5 heteroatoms. The lowest BCUT2D eigenvalue weighted by Gasteiger charge is -2.46. The molecule has 2 aliphatic heterocycles. The van der Waals surface area contributed by atoms with E-state index in [2.05, 4.69) is 15.1 Å². The van der Waals surface area contributed by atoms with Crippen molar-refractivity contribution in [3.05, 3.63) is 35.4 Å². The van der Waals surface area contributed by atoms with Gasteiger partial charge in [0.05, 0.1) is 0 Å². The molecule has 0 spiro atoms. The molecule has 1 aromatic rings. The van der Waals surface area contributed by atoms with Crippen LogP contribution in [0.4, 0.5) is 8.78 Å². The van der Waals surface area contributed by atoms with Crippen LogP contribution >= 0.6 is 0 Å². The quantitative estimate of drug-likeness (QED) is 0.883. The third-order valence-corrected chi connectivity index (χ3v) is 4.01. The van der Waals surface area contributed by atoms with Crippen molar-refractivity contribution in [3.63, 3.8) is 0 Å². The van der Waals surface area contributed by atoms with E-state index in [1.807, 2.05) is 0 Å². The van der Waals surface area contributed by atoms with E-state index in [0.29, 0.717) is 18.2 Å². The molecule has 2 fully saturated rings. The summed E-state index contributed by atoms with van der Waals surface area (Å²) in [5.74, 6) is -0.678. The van der Waals surface area contributed by atoms with Crippen molar-refractivity contribution in [3.8, 4) is 0 Å². The number of benzene rings is 1. The Morgan fingerprint density at radius 3 is 2.63 bits per heavy atom. The van der Waals surface area contributed by atoms with E-state index in [1.165, 1.54) is 18.2 Å². The van der Waals surface area contributed by atoms with Crippen LogP contribution < -0.4 is 5.32 Å². The Hall–Kier alpha value is -1.04. The van der Waals surface area contributed by atoms with Gasteiger partial charge in [-0.3, -0.25) is 9.80 Å². The maximum atomic E-state index is 13.5. The highest BCUT2D eigenvalue weighted by atomic mass is 19.1. The van der Waals surface area contributed by atoms with Crippen LogP contribution in [0.2, 0.25) is 0 Å². The number of piperazine rings is 1. The van der Waals surface area contributed by atoms with Gasteiger partial charge in [0.15, 0.2) is 0 Å². The van der Waals surface area contributed by atoms with Crippen LogP contribution in [-0.4, -0.2) is 55.1 Å². The van der Waals surface area contributed by atoms with Crippen molar-refractivity contribution in [2.24, 2.45) is 0 Å². The summed E-state index contributed by atoms with van der Waals surface area (Å²) in [4.78, 5) is 4.65. The fourth-order valence-electron chi connectivity index (χ4n) is 2.86. The third-order valence-electron chi connectivity index (χ3n) is 4.01. The second-order valence-corrected chi connectivity index (χ2v) is 5.37. The first-order valence-electron chi connectivity index (χ1n) is 6.83. The van der Waals surface area contributed by atoms with Gasteiger partial charge in [-0.15, -0.1) is 0 Å². The zero-order valence-corrected chi connectivity index (χ0v) is 10.9. The Labute approximate surface area is 112 Å². The molecular formula is C14H19F2N3. The molecule has 0 aliphatic carbocycles. The van der Waals surface area contributed by atoms with E-state index in [1.54, 1.807) is 0 Å². The predicted octanol–water partition coefficient (Wildman–Crippen LogP) is 1.05. The molecule has 3 nitrogen and oxygen atoms in total. The van der Waals surface area contributed by atoms with Gasteiger partial charge in [0.1, 0.15) is 11.6 Å². The van der Waals surface area contributed by atoms with Crippen molar-refractivity contribution in [1.29, 1.82) is 0 Å². The Bertz CT molecular complexity index is 440. The topological polar surface area (TPSA) is 18.5 Å². The largest absolute Gasteiger partial charge is 0.314 e. The normalized spacial score (nSPS) is 22.4. The number of rotatable bonds is 3. The molecule has 0 atom stereocenters. The summed E-state index contributed by atoms with van der Waals surface area (Å²) < 4.78 is 26.6. The van der Waals surface area contributed by atoms with Gasteiger partial charge in [0.25, 0.3) is 0 Å². The fourth-order valence-corrected chi connectivity index (χ4v) is 2.86. The maximum absolute atomic E-state index is 13.5. The highest BCUT2D eigenvalue weighted by Gasteiger charge is 2.32. The number of likely N-dealkylation sites (tertiary alicyclic amines) is 1. The first-order valence-corrected chi connectivity index (χ1v) is 6.83. The van der Waals surface area contributed by atoms with Gasteiger partial charge in [0, 0.05) is 57.4 Å². The molecule has 0 amide bonds. The average molecular weight is 267 g/mol. The van der Waals surface area contributed by atoms with Crippen LogP contribution in [0.15, 0.2) is 18.2 Å². The van der Waals surface area contributed by atoms with Gasteiger partial charge < -0.3 is 5.32 Å². The van der Waals surface area contributed by atoms with Crippen LogP contribution in [0, 0.1) is 11.6 Å². The molecule has 2 saturated heterocycles. The highest BCUT2D eigenvalue weighted by Crippen LogP contribution is 2.20. The van der Waals surface area contributed by atoms with E-state index in [9.17, 15) is 8.78 Å². The first-order chi connectivity index (χ1) is 9.22. The van der Waals surface area contributed by atoms with Gasteiger partial charge in [-0.2, -0.15) is 0 Å². The standard InChI is InChI=1S/C14H19F2N3/c15-12-1-2-14(16)11(7-12)8-18-9-13(10-18)19-5-3-17-4-6-19/h1-2,7,13,17H,3-6,8-10H2. The zero-order chi connectivity index (χ0) is 13.2. The predicted molar refractivity (Wildman–Crippen MR) is 69.9 cm³/mol. The second kappa shape index (κ2) is 5.53. The molecule has 0 aromatic heterocycles. The third kappa shape index (κ3) is 2.94. The van der Waals surface area contributed by atoms with Gasteiger partial charge in [-0.25, -0.2) is 8.78 Å². The van der Waals surface area contributed by atoms with Crippen molar-refractivity contribution >= 4 is 0 Å². The maximum Gasteiger partial charge on any atom is 0.127 e. The summed E-state index contributed by atoms with van der Waals surface area (Å²) in [6, 6.07) is 4.25. The van der Waals surface area contributed by atoms with Gasteiger partial charge in [-0.05, 0) is 18.2 Å². The summed E-state index contributed by atoms with van der Waals surface area (Å²) in [5.41, 5.74) is 0.457. The van der Waals surface area contributed by atoms with Crippen molar-refractivity contribution in [2.75, 3.05) is 39.3 Å². The Morgan fingerprint density at radius 1 is 1.16 bits per heavy atom. The monoisotopic (exact) mass is 267 g/mol.